The van der Waals surface area contributed by atoms with Gasteiger partial charge < -0.3 is 20.7 Å². The number of carbonyl (C=O) groups is 1. The average molecular weight is 287 g/mol. The minimum absolute atomic E-state index is 0.148. The van der Waals surface area contributed by atoms with Gasteiger partial charge in [0.05, 0.1) is 11.2 Å². The third-order valence-electron chi connectivity index (χ3n) is 3.91. The lowest BCUT2D eigenvalue weighted by atomic mass is 10.1. The number of carboxylic acids is 1. The second-order valence-electron chi connectivity index (χ2n) is 5.36. The number of pyridine rings is 1. The topological polar surface area (TPSA) is 99.4 Å². The van der Waals surface area contributed by atoms with E-state index in [1.54, 1.807) is 12.1 Å². The maximum Gasteiger partial charge on any atom is 0.352 e. The van der Waals surface area contributed by atoms with E-state index in [1.165, 1.54) is 6.42 Å². The largest absolute Gasteiger partial charge is 0.477 e. The zero-order valence-corrected chi connectivity index (χ0v) is 11.6. The molecule has 6 nitrogen and oxygen atoms in total. The van der Waals surface area contributed by atoms with Crippen LogP contribution in [0.3, 0.4) is 0 Å². The molecule has 0 atom stereocenters. The number of hydrogen-bond acceptors (Lipinski definition) is 4. The van der Waals surface area contributed by atoms with Crippen molar-refractivity contribution in [3.63, 3.8) is 0 Å². The summed E-state index contributed by atoms with van der Waals surface area (Å²) in [6, 6.07) is 4.70. The number of rotatable bonds is 2. The van der Waals surface area contributed by atoms with Crippen LogP contribution < -0.4 is 16.1 Å². The second-order valence-corrected chi connectivity index (χ2v) is 5.36. The lowest BCUT2D eigenvalue weighted by Crippen LogP contribution is -2.29. The van der Waals surface area contributed by atoms with Crippen LogP contribution in [0.1, 0.15) is 29.8 Å². The van der Waals surface area contributed by atoms with Gasteiger partial charge in [-0.05, 0) is 31.4 Å². The van der Waals surface area contributed by atoms with Gasteiger partial charge in [-0.25, -0.2) is 4.79 Å². The number of anilines is 2. The first-order valence-electron chi connectivity index (χ1n) is 7.01. The van der Waals surface area contributed by atoms with Crippen LogP contribution in [-0.4, -0.2) is 29.1 Å². The number of nitrogens with two attached hydrogens (primary N) is 1. The fourth-order valence-electron chi connectivity index (χ4n) is 2.81. The summed E-state index contributed by atoms with van der Waals surface area (Å²) in [6.07, 6.45) is 3.49. The van der Waals surface area contributed by atoms with Crippen LogP contribution in [-0.2, 0) is 0 Å². The molecule has 1 aromatic carbocycles. The number of aromatic carboxylic acids is 1. The van der Waals surface area contributed by atoms with Gasteiger partial charge in [-0.1, -0.05) is 0 Å². The number of fused-ring (bicyclic) bond motifs is 1. The van der Waals surface area contributed by atoms with Crippen LogP contribution >= 0.6 is 0 Å². The van der Waals surface area contributed by atoms with Gasteiger partial charge in [0.25, 0.3) is 0 Å². The summed E-state index contributed by atoms with van der Waals surface area (Å²) in [5.74, 6) is -1.17. The Labute approximate surface area is 121 Å². The third kappa shape index (κ3) is 2.44. The minimum atomic E-state index is -1.17. The summed E-state index contributed by atoms with van der Waals surface area (Å²) in [5, 5.41) is 9.43. The van der Waals surface area contributed by atoms with Gasteiger partial charge in [-0.3, -0.25) is 4.79 Å². The number of aromatic nitrogens is 1. The Hall–Kier alpha value is -2.50. The molecule has 1 saturated heterocycles. The number of nitrogens with one attached hydrogen (secondary N) is 1. The summed E-state index contributed by atoms with van der Waals surface area (Å²) < 4.78 is 0. The molecule has 0 bridgehead atoms. The molecule has 0 amide bonds. The third-order valence-corrected chi connectivity index (χ3v) is 3.91. The Kier molecular flexibility index (Phi) is 3.29. The second kappa shape index (κ2) is 5.12. The van der Waals surface area contributed by atoms with E-state index in [1.807, 2.05) is 0 Å². The van der Waals surface area contributed by atoms with E-state index in [4.69, 9.17) is 10.8 Å². The quantitative estimate of drug-likeness (QED) is 0.731. The molecular formula is C15H17N3O3. The molecule has 2 aromatic rings. The van der Waals surface area contributed by atoms with Crippen molar-refractivity contribution in [2.24, 2.45) is 0 Å². The first-order valence-corrected chi connectivity index (χ1v) is 7.01. The fourth-order valence-corrected chi connectivity index (χ4v) is 2.81. The number of benzene rings is 1. The number of nitrogen functional groups attached to an aromatic ring is 1. The summed E-state index contributed by atoms with van der Waals surface area (Å²) in [4.78, 5) is 28.1. The van der Waals surface area contributed by atoms with Crippen LogP contribution in [0, 0.1) is 0 Å². The van der Waals surface area contributed by atoms with Crippen molar-refractivity contribution in [2.45, 2.75) is 19.3 Å². The Morgan fingerprint density at radius 1 is 1.19 bits per heavy atom. The SMILES string of the molecule is Nc1cc(N2CCCCC2)cc2c(=O)cc(C(=O)O)[nH]c12. The maximum absolute atomic E-state index is 12.1. The van der Waals surface area contributed by atoms with E-state index in [0.29, 0.717) is 16.6 Å². The van der Waals surface area contributed by atoms with Crippen molar-refractivity contribution in [2.75, 3.05) is 23.7 Å². The highest BCUT2D eigenvalue weighted by molar-refractivity contribution is 5.96. The van der Waals surface area contributed by atoms with Crippen molar-refractivity contribution >= 4 is 28.2 Å². The van der Waals surface area contributed by atoms with Crippen molar-refractivity contribution in [3.8, 4) is 0 Å². The minimum Gasteiger partial charge on any atom is -0.477 e. The van der Waals surface area contributed by atoms with Gasteiger partial charge in [-0.2, -0.15) is 0 Å². The molecule has 2 heterocycles. The lowest BCUT2D eigenvalue weighted by molar-refractivity contribution is 0.0691. The van der Waals surface area contributed by atoms with Crippen molar-refractivity contribution < 1.29 is 9.90 Å². The highest BCUT2D eigenvalue weighted by Gasteiger charge is 2.15. The summed E-state index contributed by atoms with van der Waals surface area (Å²) in [6.45, 7) is 1.91. The van der Waals surface area contributed by atoms with E-state index >= 15 is 0 Å². The van der Waals surface area contributed by atoms with E-state index < -0.39 is 5.97 Å². The normalized spacial score (nSPS) is 15.3. The van der Waals surface area contributed by atoms with E-state index in [-0.39, 0.29) is 11.1 Å². The van der Waals surface area contributed by atoms with Crippen molar-refractivity contribution in [1.82, 2.24) is 4.98 Å². The van der Waals surface area contributed by atoms with Crippen LogP contribution in [0.15, 0.2) is 23.0 Å². The summed E-state index contributed by atoms with van der Waals surface area (Å²) in [7, 11) is 0. The summed E-state index contributed by atoms with van der Waals surface area (Å²) in [5.41, 5.74) is 7.25. The molecule has 0 saturated carbocycles. The van der Waals surface area contributed by atoms with Gasteiger partial charge in [0.1, 0.15) is 5.69 Å². The monoisotopic (exact) mass is 287 g/mol. The molecule has 6 heteroatoms. The number of hydrogen-bond donors (Lipinski definition) is 3. The molecule has 3 rings (SSSR count). The number of carboxylic acid groups (broad SMARTS) is 1. The van der Waals surface area contributed by atoms with Gasteiger partial charge in [0.15, 0.2) is 5.43 Å². The zero-order valence-electron chi connectivity index (χ0n) is 11.6. The zero-order chi connectivity index (χ0) is 15.0. The molecule has 0 radical (unpaired) electrons. The van der Waals surface area contributed by atoms with E-state index in [0.717, 1.165) is 37.7 Å². The molecule has 21 heavy (non-hydrogen) atoms. The smallest absolute Gasteiger partial charge is 0.352 e. The van der Waals surface area contributed by atoms with E-state index in [9.17, 15) is 9.59 Å². The number of piperidine rings is 1. The molecule has 1 fully saturated rings. The average Bonchev–Trinajstić information content (AvgIpc) is 2.48. The Balaban J connectivity index is 2.15. The predicted octanol–water partition coefficient (Wildman–Crippen LogP) is 1.80. The highest BCUT2D eigenvalue weighted by Crippen LogP contribution is 2.27. The lowest BCUT2D eigenvalue weighted by Gasteiger charge is -2.29. The highest BCUT2D eigenvalue weighted by atomic mass is 16.4. The van der Waals surface area contributed by atoms with Gasteiger partial charge in [0, 0.05) is 30.2 Å². The fraction of sp³-hybridized carbons (Fsp3) is 0.333. The maximum atomic E-state index is 12.1. The number of aromatic amines is 1. The molecule has 1 aliphatic heterocycles. The van der Waals surface area contributed by atoms with Crippen molar-refractivity contribution in [1.29, 1.82) is 0 Å². The molecule has 4 N–H and O–H groups in total. The van der Waals surface area contributed by atoms with E-state index in [2.05, 4.69) is 9.88 Å². The summed E-state index contributed by atoms with van der Waals surface area (Å²) >= 11 is 0. The van der Waals surface area contributed by atoms with Crippen LogP contribution in [0.2, 0.25) is 0 Å². The Bertz CT molecular complexity index is 761. The van der Waals surface area contributed by atoms with Gasteiger partial charge in [-0.15, -0.1) is 0 Å². The molecular weight excluding hydrogens is 270 g/mol. The van der Waals surface area contributed by atoms with Crippen LogP contribution in [0.5, 0.6) is 0 Å². The van der Waals surface area contributed by atoms with Crippen LogP contribution in [0.4, 0.5) is 11.4 Å². The molecule has 110 valence electrons. The van der Waals surface area contributed by atoms with Crippen molar-refractivity contribution in [3.05, 3.63) is 34.1 Å². The molecule has 1 aromatic heterocycles. The molecule has 0 unspecified atom stereocenters. The Morgan fingerprint density at radius 3 is 2.57 bits per heavy atom. The molecule has 0 aliphatic carbocycles. The standard InChI is InChI=1S/C15H17N3O3/c16-11-7-9(18-4-2-1-3-5-18)6-10-13(19)8-12(15(20)21)17-14(10)11/h6-8H,1-5,16H2,(H,17,19)(H,20,21). The van der Waals surface area contributed by atoms with Gasteiger partial charge >= 0.3 is 5.97 Å². The Morgan fingerprint density at radius 2 is 1.90 bits per heavy atom. The predicted molar refractivity (Wildman–Crippen MR) is 82.0 cm³/mol. The molecule has 0 spiro atoms. The first-order chi connectivity index (χ1) is 10.1. The van der Waals surface area contributed by atoms with Gasteiger partial charge in [0.2, 0.25) is 0 Å². The number of H-pyrrole nitrogens is 1. The first kappa shape index (κ1) is 13.5. The number of nitrogens with zero attached hydrogens (tertiary/aromatic N) is 1. The van der Waals surface area contributed by atoms with Crippen LogP contribution in [0.25, 0.3) is 10.9 Å². The molecule has 1 aliphatic rings.